The summed E-state index contributed by atoms with van der Waals surface area (Å²) in [6, 6.07) is 8.17. The van der Waals surface area contributed by atoms with Gasteiger partial charge < -0.3 is 10.6 Å². The number of hydrogen-bond donors (Lipinski definition) is 1. The Labute approximate surface area is 101 Å². The van der Waals surface area contributed by atoms with E-state index in [4.69, 9.17) is 8.48 Å². The molecule has 1 unspecified atom stereocenters. The van der Waals surface area contributed by atoms with Crippen molar-refractivity contribution >= 4 is 5.69 Å². The van der Waals surface area contributed by atoms with E-state index in [9.17, 15) is 0 Å². The van der Waals surface area contributed by atoms with Gasteiger partial charge in [-0.25, -0.2) is 0 Å². The Morgan fingerprint density at radius 1 is 1.25 bits per heavy atom. The van der Waals surface area contributed by atoms with Crippen molar-refractivity contribution < 1.29 is 2.74 Å². The quantitative estimate of drug-likeness (QED) is 0.848. The lowest BCUT2D eigenvalue weighted by Crippen LogP contribution is -2.29. The maximum Gasteiger partial charge on any atom is 0.0432 e. The van der Waals surface area contributed by atoms with Crippen molar-refractivity contribution in [2.45, 2.75) is 32.1 Å². The molecular formula is C14H22N2. The third kappa shape index (κ3) is 2.56. The number of piperidine rings is 1. The lowest BCUT2D eigenvalue weighted by atomic mass is 10.0. The number of rotatable bonds is 3. The average molecular weight is 220 g/mol. The highest BCUT2D eigenvalue weighted by Gasteiger charge is 2.11. The van der Waals surface area contributed by atoms with E-state index < -0.39 is 6.50 Å². The first-order valence-corrected chi connectivity index (χ1v) is 6.12. The Hall–Kier alpha value is -1.02. The smallest absolute Gasteiger partial charge is 0.0432 e. The summed E-state index contributed by atoms with van der Waals surface area (Å²) >= 11 is 0. The van der Waals surface area contributed by atoms with Crippen LogP contribution in [-0.2, 0) is 0 Å². The molecule has 1 heterocycles. The van der Waals surface area contributed by atoms with Crippen LogP contribution in [0.25, 0.3) is 0 Å². The Morgan fingerprint density at radius 2 is 1.88 bits per heavy atom. The molecule has 1 saturated heterocycles. The van der Waals surface area contributed by atoms with Gasteiger partial charge in [-0.3, -0.25) is 0 Å². The fourth-order valence-corrected chi connectivity index (χ4v) is 2.22. The molecule has 0 saturated carbocycles. The largest absolute Gasteiger partial charge is 0.372 e. The normalized spacial score (nSPS) is 21.2. The van der Waals surface area contributed by atoms with Gasteiger partial charge in [-0.1, -0.05) is 19.1 Å². The molecule has 1 aromatic carbocycles. The predicted molar refractivity (Wildman–Crippen MR) is 70.0 cm³/mol. The molecule has 0 aromatic heterocycles. The molecule has 1 aliphatic heterocycles. The summed E-state index contributed by atoms with van der Waals surface area (Å²) in [4.78, 5) is 2.40. The summed E-state index contributed by atoms with van der Waals surface area (Å²) in [5.74, 6) is -0.284. The van der Waals surface area contributed by atoms with E-state index in [0.717, 1.165) is 18.7 Å². The highest BCUT2D eigenvalue weighted by atomic mass is 15.1. The van der Waals surface area contributed by atoms with Gasteiger partial charge in [0.05, 0.1) is 0 Å². The van der Waals surface area contributed by atoms with Gasteiger partial charge in [-0.05, 0) is 49.4 Å². The first-order valence-electron chi connectivity index (χ1n) is 7.12. The van der Waals surface area contributed by atoms with E-state index in [2.05, 4.69) is 17.0 Å². The lowest BCUT2D eigenvalue weighted by Gasteiger charge is -2.29. The van der Waals surface area contributed by atoms with Crippen LogP contribution in [0, 0.1) is 0 Å². The molecule has 0 bridgehead atoms. The van der Waals surface area contributed by atoms with Crippen molar-refractivity contribution in [3.63, 3.8) is 0 Å². The van der Waals surface area contributed by atoms with E-state index in [1.807, 2.05) is 19.1 Å². The van der Waals surface area contributed by atoms with Gasteiger partial charge in [0.25, 0.3) is 0 Å². The van der Waals surface area contributed by atoms with Gasteiger partial charge in [0.15, 0.2) is 0 Å². The van der Waals surface area contributed by atoms with Gasteiger partial charge in [0.2, 0.25) is 0 Å². The van der Waals surface area contributed by atoms with Gasteiger partial charge in [-0.15, -0.1) is 0 Å². The van der Waals surface area contributed by atoms with Crippen molar-refractivity contribution in [3.8, 4) is 0 Å². The number of benzene rings is 1. The number of nitrogens with two attached hydrogens (primary N) is 1. The van der Waals surface area contributed by atoms with E-state index in [-0.39, 0.29) is 5.92 Å². The maximum absolute atomic E-state index is 7.56. The topological polar surface area (TPSA) is 29.3 Å². The summed E-state index contributed by atoms with van der Waals surface area (Å²) in [6.45, 7) is 2.43. The van der Waals surface area contributed by atoms with Gasteiger partial charge in [0, 0.05) is 21.5 Å². The minimum Gasteiger partial charge on any atom is -0.372 e. The van der Waals surface area contributed by atoms with Gasteiger partial charge >= 0.3 is 0 Å². The Bertz CT molecular complexity index is 378. The molecule has 0 radical (unpaired) electrons. The van der Waals surface area contributed by atoms with Crippen LogP contribution in [0.3, 0.4) is 0 Å². The molecule has 0 aliphatic carbocycles. The Balaban J connectivity index is 2.09. The first kappa shape index (κ1) is 9.06. The van der Waals surface area contributed by atoms with Crippen LogP contribution < -0.4 is 10.6 Å². The fourth-order valence-electron chi connectivity index (χ4n) is 2.22. The molecule has 2 heteroatoms. The molecule has 1 aromatic rings. The number of nitrogens with zero attached hydrogens (tertiary/aromatic N) is 1. The van der Waals surface area contributed by atoms with Gasteiger partial charge in [-0.2, -0.15) is 0 Å². The van der Waals surface area contributed by atoms with Crippen LogP contribution in [0.15, 0.2) is 24.3 Å². The monoisotopic (exact) mass is 220 g/mol. The maximum atomic E-state index is 7.56. The molecular weight excluding hydrogens is 196 g/mol. The molecule has 0 spiro atoms. The summed E-state index contributed by atoms with van der Waals surface area (Å²) in [7, 11) is 0. The second-order valence-electron chi connectivity index (χ2n) is 4.53. The zero-order chi connectivity index (χ0) is 13.2. The second-order valence-corrected chi connectivity index (χ2v) is 4.53. The summed E-state index contributed by atoms with van der Waals surface area (Å²) < 4.78 is 15.1. The van der Waals surface area contributed by atoms with E-state index in [1.54, 1.807) is 0 Å². The number of anilines is 1. The third-order valence-corrected chi connectivity index (χ3v) is 3.36. The van der Waals surface area contributed by atoms with E-state index >= 15 is 0 Å². The molecule has 2 N–H and O–H groups in total. The molecule has 1 atom stereocenters. The van der Waals surface area contributed by atoms with Crippen molar-refractivity contribution in [2.75, 3.05) is 24.5 Å². The van der Waals surface area contributed by atoms with Gasteiger partial charge in [0.1, 0.15) is 0 Å². The standard InChI is InChI=1S/C14H22N2/c1-12(11-15)13-5-7-14(8-6-13)16-9-3-2-4-10-16/h5-8,12H,2-4,9-11,15H2,1H3/i11D2. The summed E-state index contributed by atoms with van der Waals surface area (Å²) in [5.41, 5.74) is 7.72. The number of hydrogen-bond acceptors (Lipinski definition) is 2. The molecule has 16 heavy (non-hydrogen) atoms. The molecule has 2 nitrogen and oxygen atoms in total. The van der Waals surface area contributed by atoms with Crippen LogP contribution in [0.5, 0.6) is 0 Å². The molecule has 2 rings (SSSR count). The predicted octanol–water partition coefficient (Wildman–Crippen LogP) is 2.74. The fraction of sp³-hybridized carbons (Fsp3) is 0.571. The summed E-state index contributed by atoms with van der Waals surface area (Å²) in [6.07, 6.45) is 3.87. The Morgan fingerprint density at radius 3 is 2.44 bits per heavy atom. The lowest BCUT2D eigenvalue weighted by molar-refractivity contribution is 0.578. The minimum absolute atomic E-state index is 0.284. The van der Waals surface area contributed by atoms with Crippen LogP contribution in [0.2, 0.25) is 0 Å². The second kappa shape index (κ2) is 5.35. The van der Waals surface area contributed by atoms with Crippen LogP contribution in [0.1, 0.15) is 40.4 Å². The van der Waals surface area contributed by atoms with Crippen LogP contribution in [-0.4, -0.2) is 19.6 Å². The Kier molecular flexibility index (Phi) is 3.03. The summed E-state index contributed by atoms with van der Waals surface area (Å²) in [5, 5.41) is 0. The molecule has 0 amide bonds. The van der Waals surface area contributed by atoms with E-state index in [0.29, 0.717) is 0 Å². The molecule has 1 fully saturated rings. The van der Waals surface area contributed by atoms with Crippen LogP contribution >= 0.6 is 0 Å². The average Bonchev–Trinajstić information content (AvgIpc) is 2.38. The minimum atomic E-state index is -1.66. The molecule has 88 valence electrons. The van der Waals surface area contributed by atoms with Crippen molar-refractivity contribution in [3.05, 3.63) is 29.8 Å². The van der Waals surface area contributed by atoms with Crippen LogP contribution in [0.4, 0.5) is 5.69 Å². The van der Waals surface area contributed by atoms with Crippen molar-refractivity contribution in [1.29, 1.82) is 0 Å². The third-order valence-electron chi connectivity index (χ3n) is 3.36. The zero-order valence-corrected chi connectivity index (χ0v) is 9.95. The molecule has 1 aliphatic rings. The SMILES string of the molecule is [2H]C([2H])(N)C(C)c1ccc(N2CCCCC2)cc1. The van der Waals surface area contributed by atoms with E-state index in [1.165, 1.54) is 24.9 Å². The van der Waals surface area contributed by atoms with Crippen molar-refractivity contribution in [1.82, 2.24) is 0 Å². The highest BCUT2D eigenvalue weighted by molar-refractivity contribution is 5.48. The highest BCUT2D eigenvalue weighted by Crippen LogP contribution is 2.22. The zero-order valence-electron chi connectivity index (χ0n) is 11.9. The van der Waals surface area contributed by atoms with Crippen molar-refractivity contribution in [2.24, 2.45) is 5.73 Å². The first-order chi connectivity index (χ1) is 8.48.